The highest BCUT2D eigenvalue weighted by Crippen LogP contribution is 2.10. The molecule has 0 bridgehead atoms. The summed E-state index contributed by atoms with van der Waals surface area (Å²) in [5.74, 6) is -0.826. The predicted molar refractivity (Wildman–Crippen MR) is 59.2 cm³/mol. The van der Waals surface area contributed by atoms with Crippen molar-refractivity contribution in [2.45, 2.75) is 26.0 Å². The van der Waals surface area contributed by atoms with E-state index in [0.29, 0.717) is 12.1 Å². The second-order valence-electron chi connectivity index (χ2n) is 4.30. The molecule has 16 heavy (non-hydrogen) atoms. The number of methoxy groups -OCH3 is 1. The molecule has 0 spiro atoms. The third kappa shape index (κ3) is 3.87. The number of halogens is 2. The number of rotatable bonds is 5. The zero-order valence-corrected chi connectivity index (χ0v) is 9.81. The summed E-state index contributed by atoms with van der Waals surface area (Å²) >= 11 is 0. The van der Waals surface area contributed by atoms with E-state index in [1.807, 2.05) is 13.8 Å². The summed E-state index contributed by atoms with van der Waals surface area (Å²) in [6.07, 6.45) is 0. The lowest BCUT2D eigenvalue weighted by molar-refractivity contribution is 0.0230. The summed E-state index contributed by atoms with van der Waals surface area (Å²) in [4.78, 5) is 0. The molecule has 0 saturated heterocycles. The Hall–Kier alpha value is -1.00. The molecular formula is C12H17F2NO. The van der Waals surface area contributed by atoms with Crippen LogP contribution >= 0.6 is 0 Å². The third-order valence-corrected chi connectivity index (χ3v) is 2.43. The van der Waals surface area contributed by atoms with Crippen LogP contribution in [0.25, 0.3) is 0 Å². The maximum atomic E-state index is 13.2. The molecule has 1 aromatic rings. The van der Waals surface area contributed by atoms with Gasteiger partial charge in [0.2, 0.25) is 0 Å². The van der Waals surface area contributed by atoms with Crippen molar-refractivity contribution >= 4 is 0 Å². The molecule has 0 saturated carbocycles. The third-order valence-electron chi connectivity index (χ3n) is 2.43. The Bertz CT molecular complexity index is 353. The topological polar surface area (TPSA) is 21.3 Å². The van der Waals surface area contributed by atoms with Crippen molar-refractivity contribution in [3.63, 3.8) is 0 Å². The van der Waals surface area contributed by atoms with E-state index in [-0.39, 0.29) is 12.1 Å². The Balaban J connectivity index is 2.52. The highest BCUT2D eigenvalue weighted by molar-refractivity contribution is 5.18. The van der Waals surface area contributed by atoms with Crippen LogP contribution in [0.15, 0.2) is 18.2 Å². The summed E-state index contributed by atoms with van der Waals surface area (Å²) < 4.78 is 31.3. The average Bonchev–Trinajstić information content (AvgIpc) is 2.23. The minimum absolute atomic E-state index is 0.288. The molecule has 0 fully saturated rings. The van der Waals surface area contributed by atoms with E-state index in [9.17, 15) is 8.78 Å². The zero-order chi connectivity index (χ0) is 12.2. The van der Waals surface area contributed by atoms with Crippen molar-refractivity contribution in [3.8, 4) is 0 Å². The van der Waals surface area contributed by atoms with Crippen molar-refractivity contribution in [3.05, 3.63) is 35.4 Å². The normalized spacial score (nSPS) is 11.8. The van der Waals surface area contributed by atoms with Gasteiger partial charge in [0.05, 0.1) is 5.60 Å². The Morgan fingerprint density at radius 2 is 2.00 bits per heavy atom. The molecule has 0 unspecified atom stereocenters. The zero-order valence-electron chi connectivity index (χ0n) is 9.81. The van der Waals surface area contributed by atoms with Gasteiger partial charge in [-0.3, -0.25) is 0 Å². The Morgan fingerprint density at radius 3 is 2.62 bits per heavy atom. The van der Waals surface area contributed by atoms with E-state index in [2.05, 4.69) is 5.32 Å². The fraction of sp³-hybridized carbons (Fsp3) is 0.500. The first kappa shape index (κ1) is 13.1. The molecule has 1 rings (SSSR count). The molecular weight excluding hydrogens is 212 g/mol. The molecule has 1 aromatic carbocycles. The minimum Gasteiger partial charge on any atom is -0.377 e. The molecule has 0 amide bonds. The Kier molecular flexibility index (Phi) is 4.38. The minimum atomic E-state index is -0.427. The van der Waals surface area contributed by atoms with Crippen LogP contribution in [0.1, 0.15) is 19.4 Å². The Labute approximate surface area is 94.6 Å². The molecule has 4 heteroatoms. The maximum Gasteiger partial charge on any atom is 0.127 e. The van der Waals surface area contributed by atoms with Crippen molar-refractivity contribution in [2.24, 2.45) is 0 Å². The quantitative estimate of drug-likeness (QED) is 0.837. The van der Waals surface area contributed by atoms with Gasteiger partial charge in [-0.2, -0.15) is 0 Å². The second-order valence-corrected chi connectivity index (χ2v) is 4.30. The highest BCUT2D eigenvalue weighted by atomic mass is 19.1. The second kappa shape index (κ2) is 5.37. The van der Waals surface area contributed by atoms with Gasteiger partial charge >= 0.3 is 0 Å². The maximum absolute atomic E-state index is 13.2. The van der Waals surface area contributed by atoms with Crippen LogP contribution in [-0.4, -0.2) is 19.3 Å². The number of hydrogen-bond donors (Lipinski definition) is 1. The first-order valence-electron chi connectivity index (χ1n) is 5.14. The summed E-state index contributed by atoms with van der Waals surface area (Å²) in [7, 11) is 1.62. The van der Waals surface area contributed by atoms with E-state index in [1.165, 1.54) is 6.07 Å². The molecule has 0 aliphatic carbocycles. The summed E-state index contributed by atoms with van der Waals surface area (Å²) in [6, 6.07) is 3.44. The molecule has 2 nitrogen and oxygen atoms in total. The molecule has 0 aromatic heterocycles. The van der Waals surface area contributed by atoms with E-state index < -0.39 is 11.6 Å². The van der Waals surface area contributed by atoms with Gasteiger partial charge in [0.15, 0.2) is 0 Å². The lowest BCUT2D eigenvalue weighted by Crippen LogP contribution is -2.36. The summed E-state index contributed by atoms with van der Waals surface area (Å²) in [5.41, 5.74) is 0.0102. The molecule has 0 heterocycles. The van der Waals surface area contributed by atoms with Crippen molar-refractivity contribution in [1.82, 2.24) is 5.32 Å². The van der Waals surface area contributed by atoms with Crippen LogP contribution in [0.3, 0.4) is 0 Å². The molecule has 0 aliphatic rings. The lowest BCUT2D eigenvalue weighted by Gasteiger charge is -2.23. The van der Waals surface area contributed by atoms with Gasteiger partial charge in [0.1, 0.15) is 11.6 Å². The van der Waals surface area contributed by atoms with Crippen LogP contribution in [0.5, 0.6) is 0 Å². The first-order valence-corrected chi connectivity index (χ1v) is 5.14. The number of ether oxygens (including phenoxy) is 1. The van der Waals surface area contributed by atoms with Crippen molar-refractivity contribution < 1.29 is 13.5 Å². The Morgan fingerprint density at radius 1 is 1.31 bits per heavy atom. The number of benzene rings is 1. The van der Waals surface area contributed by atoms with Crippen LogP contribution in [0, 0.1) is 11.6 Å². The van der Waals surface area contributed by atoms with Gasteiger partial charge in [-0.1, -0.05) is 0 Å². The van der Waals surface area contributed by atoms with Crippen molar-refractivity contribution in [1.29, 1.82) is 0 Å². The van der Waals surface area contributed by atoms with Gasteiger partial charge < -0.3 is 10.1 Å². The predicted octanol–water partition coefficient (Wildman–Crippen LogP) is 2.48. The largest absolute Gasteiger partial charge is 0.377 e. The fourth-order valence-corrected chi connectivity index (χ4v) is 1.25. The van der Waals surface area contributed by atoms with Gasteiger partial charge in [-0.15, -0.1) is 0 Å². The summed E-state index contributed by atoms with van der Waals surface area (Å²) in [6.45, 7) is 4.69. The fourth-order valence-electron chi connectivity index (χ4n) is 1.25. The van der Waals surface area contributed by atoms with Crippen LogP contribution in [0.2, 0.25) is 0 Å². The van der Waals surface area contributed by atoms with Crippen LogP contribution in [-0.2, 0) is 11.3 Å². The van der Waals surface area contributed by atoms with Gasteiger partial charge in [-0.25, -0.2) is 8.78 Å². The number of hydrogen-bond acceptors (Lipinski definition) is 2. The van der Waals surface area contributed by atoms with Crippen LogP contribution < -0.4 is 5.32 Å². The first-order chi connectivity index (χ1) is 7.44. The molecule has 90 valence electrons. The average molecular weight is 229 g/mol. The van der Waals surface area contributed by atoms with E-state index >= 15 is 0 Å². The molecule has 1 N–H and O–H groups in total. The molecule has 0 aliphatic heterocycles. The SMILES string of the molecule is COC(C)(C)CNCc1cc(F)ccc1F. The molecule has 0 radical (unpaired) electrons. The molecule has 0 atom stereocenters. The number of nitrogens with one attached hydrogen (secondary N) is 1. The standard InChI is InChI=1S/C12H17F2NO/c1-12(2,16-3)8-15-7-9-6-10(13)4-5-11(9)14/h4-6,15H,7-8H2,1-3H3. The van der Waals surface area contributed by atoms with E-state index in [0.717, 1.165) is 12.1 Å². The lowest BCUT2D eigenvalue weighted by atomic mass is 10.1. The van der Waals surface area contributed by atoms with E-state index in [4.69, 9.17) is 4.74 Å². The monoisotopic (exact) mass is 229 g/mol. The van der Waals surface area contributed by atoms with Crippen LogP contribution in [0.4, 0.5) is 8.78 Å². The van der Waals surface area contributed by atoms with Gasteiger partial charge in [0, 0.05) is 25.8 Å². The van der Waals surface area contributed by atoms with Crippen molar-refractivity contribution in [2.75, 3.05) is 13.7 Å². The summed E-state index contributed by atoms with van der Waals surface area (Å²) in [5, 5.41) is 3.03. The van der Waals surface area contributed by atoms with Gasteiger partial charge in [0.25, 0.3) is 0 Å². The van der Waals surface area contributed by atoms with E-state index in [1.54, 1.807) is 7.11 Å². The highest BCUT2D eigenvalue weighted by Gasteiger charge is 2.15. The van der Waals surface area contributed by atoms with Gasteiger partial charge in [-0.05, 0) is 32.0 Å². The smallest absolute Gasteiger partial charge is 0.127 e.